The molecule has 0 unspecified atom stereocenters. The molecule has 11 nitrogen and oxygen atoms in total. The minimum Gasteiger partial charge on any atom is -0.506 e. The molecule has 13 heteroatoms. The molecule has 0 bridgehead atoms. The van der Waals surface area contributed by atoms with Gasteiger partial charge in [-0.15, -0.1) is 0 Å². The molecule has 2 heterocycles. The van der Waals surface area contributed by atoms with E-state index in [0.29, 0.717) is 18.2 Å². The molecule has 36 heavy (non-hydrogen) atoms. The molecule has 2 aromatic rings. The number of amides is 2. The first-order chi connectivity index (χ1) is 16.9. The first-order valence-electron chi connectivity index (χ1n) is 10.9. The number of phenolic OH excluding ortho intramolecular Hbond substituents is 1. The van der Waals surface area contributed by atoms with Crippen molar-refractivity contribution in [3.05, 3.63) is 51.2 Å². The number of nitrogens with zero attached hydrogens (tertiary/aromatic N) is 2. The van der Waals surface area contributed by atoms with Crippen molar-refractivity contribution in [3.63, 3.8) is 0 Å². The number of carboxylic acid groups (broad SMARTS) is 1. The van der Waals surface area contributed by atoms with Crippen LogP contribution in [0.3, 0.4) is 0 Å². The largest absolute Gasteiger partial charge is 0.506 e. The van der Waals surface area contributed by atoms with Gasteiger partial charge in [0.2, 0.25) is 5.91 Å². The second kappa shape index (κ2) is 11.6. The molecule has 1 aromatic carbocycles. The minimum atomic E-state index is -1.20. The zero-order valence-corrected chi connectivity index (χ0v) is 21.9. The lowest BCUT2D eigenvalue weighted by molar-refractivity contribution is -0.137. The van der Waals surface area contributed by atoms with Gasteiger partial charge in [-0.1, -0.05) is 25.4 Å². The van der Waals surface area contributed by atoms with E-state index in [2.05, 4.69) is 61.0 Å². The minimum absolute atomic E-state index is 0.0528. The monoisotopic (exact) mass is 580 g/mol. The Hall–Kier alpha value is -3.38. The van der Waals surface area contributed by atoms with Crippen molar-refractivity contribution in [1.82, 2.24) is 20.9 Å². The van der Waals surface area contributed by atoms with Gasteiger partial charge in [-0.05, 0) is 34.1 Å². The summed E-state index contributed by atoms with van der Waals surface area (Å²) < 4.78 is 0.252. The quantitative estimate of drug-likeness (QED) is 0.277. The van der Waals surface area contributed by atoms with Crippen LogP contribution >= 0.6 is 27.5 Å². The number of carbonyl (C=O) groups excluding carboxylic acids is 2. The molecule has 0 fully saturated rings. The van der Waals surface area contributed by atoms with Gasteiger partial charge in [0.25, 0.3) is 5.91 Å². The lowest BCUT2D eigenvalue weighted by atomic mass is 9.93. The van der Waals surface area contributed by atoms with E-state index in [1.165, 1.54) is 18.3 Å². The zero-order valence-electron chi connectivity index (χ0n) is 19.6. The molecule has 1 aromatic heterocycles. The molecule has 1 aliphatic heterocycles. The molecule has 0 saturated carbocycles. The molecule has 1 atom stereocenters. The van der Waals surface area contributed by atoms with Crippen molar-refractivity contribution < 1.29 is 24.6 Å². The van der Waals surface area contributed by atoms with Gasteiger partial charge in [0.1, 0.15) is 5.75 Å². The number of aliphatic imine (C=N–C) groups is 1. The standard InChI is InChI=1S/C23H26BrClN6O5/c1-23(2)10-28-22(29-11-23)30-14-3-12(7-26-8-14)21(36)27-9-18(32)31-17(6-19(33)34)15-4-13(25)5-16(24)20(15)35/h3-5,7-8,17,35H,6,9-11H2,1-2H3,(H,27,36)(H,31,32)(H,33,34)(H2,28,29,30)/t17-/m1/s1. The smallest absolute Gasteiger partial charge is 0.305 e. The maximum Gasteiger partial charge on any atom is 0.305 e. The average Bonchev–Trinajstić information content (AvgIpc) is 2.80. The third-order valence-corrected chi connectivity index (χ3v) is 6.04. The third-order valence-electron chi connectivity index (χ3n) is 5.22. The van der Waals surface area contributed by atoms with Crippen molar-refractivity contribution in [2.45, 2.75) is 26.3 Å². The summed E-state index contributed by atoms with van der Waals surface area (Å²) in [5, 5.41) is 31.1. The number of phenols is 1. The first-order valence-corrected chi connectivity index (χ1v) is 12.1. The van der Waals surface area contributed by atoms with E-state index in [1.807, 2.05) is 0 Å². The highest BCUT2D eigenvalue weighted by atomic mass is 79.9. The molecule has 0 saturated heterocycles. The third kappa shape index (κ3) is 7.56. The van der Waals surface area contributed by atoms with Crippen LogP contribution in [0, 0.1) is 5.41 Å². The lowest BCUT2D eigenvalue weighted by Crippen LogP contribution is -2.44. The molecule has 2 amide bonds. The SMILES string of the molecule is CC1(C)CN=C(Nc2cncc(C(=O)NCC(=O)N[C@H](CC(=O)O)c3cc(Cl)cc(Br)c3O)c2)NC1. The molecule has 6 N–H and O–H groups in total. The summed E-state index contributed by atoms with van der Waals surface area (Å²) >= 11 is 9.16. The maximum absolute atomic E-state index is 12.6. The lowest BCUT2D eigenvalue weighted by Gasteiger charge is -2.29. The Kier molecular flexibility index (Phi) is 8.75. The number of nitrogens with one attached hydrogen (secondary N) is 4. The fourth-order valence-electron chi connectivity index (χ4n) is 3.35. The van der Waals surface area contributed by atoms with E-state index in [1.54, 1.807) is 12.3 Å². The van der Waals surface area contributed by atoms with E-state index in [-0.39, 0.29) is 31.8 Å². The second-order valence-electron chi connectivity index (χ2n) is 9.00. The summed E-state index contributed by atoms with van der Waals surface area (Å²) in [6, 6.07) is 3.29. The number of rotatable bonds is 8. The number of aliphatic carboxylic acids is 1. The fourth-order valence-corrected chi connectivity index (χ4v) is 4.19. The van der Waals surface area contributed by atoms with Crippen molar-refractivity contribution >= 4 is 57.0 Å². The summed E-state index contributed by atoms with van der Waals surface area (Å²) in [5.41, 5.74) is 0.934. The predicted octanol–water partition coefficient (Wildman–Crippen LogP) is 2.66. The number of guanidine groups is 1. The summed E-state index contributed by atoms with van der Waals surface area (Å²) in [6.07, 6.45) is 2.39. The molecule has 0 radical (unpaired) electrons. The number of halogens is 2. The van der Waals surface area contributed by atoms with Gasteiger partial charge >= 0.3 is 5.97 Å². The Morgan fingerprint density at radius 1 is 1.25 bits per heavy atom. The van der Waals surface area contributed by atoms with Gasteiger partial charge in [-0.3, -0.25) is 24.4 Å². The molecule has 3 rings (SSSR count). The van der Waals surface area contributed by atoms with Gasteiger partial charge < -0.3 is 31.5 Å². The number of aromatic hydroxyl groups is 1. The predicted molar refractivity (Wildman–Crippen MR) is 138 cm³/mol. The highest BCUT2D eigenvalue weighted by Crippen LogP contribution is 2.36. The van der Waals surface area contributed by atoms with E-state index >= 15 is 0 Å². The van der Waals surface area contributed by atoms with Crippen LogP contribution < -0.4 is 21.3 Å². The highest BCUT2D eigenvalue weighted by Gasteiger charge is 2.24. The summed E-state index contributed by atoms with van der Waals surface area (Å²) in [4.78, 5) is 44.9. The highest BCUT2D eigenvalue weighted by molar-refractivity contribution is 9.10. The van der Waals surface area contributed by atoms with Gasteiger partial charge in [0, 0.05) is 35.3 Å². The molecular formula is C23H26BrClN6O5. The van der Waals surface area contributed by atoms with Crippen LogP contribution in [0.25, 0.3) is 0 Å². The summed E-state index contributed by atoms with van der Waals surface area (Å²) in [6.45, 7) is 5.16. The zero-order chi connectivity index (χ0) is 26.5. The van der Waals surface area contributed by atoms with Crippen molar-refractivity contribution in [1.29, 1.82) is 0 Å². The Bertz CT molecular complexity index is 1210. The number of carbonyl (C=O) groups is 3. The number of hydrogen-bond acceptors (Lipinski definition) is 8. The van der Waals surface area contributed by atoms with Gasteiger partial charge in [-0.25, -0.2) is 0 Å². The summed E-state index contributed by atoms with van der Waals surface area (Å²) in [7, 11) is 0. The Balaban J connectivity index is 1.62. The van der Waals surface area contributed by atoms with Crippen LogP contribution in [0.1, 0.15) is 42.2 Å². The first kappa shape index (κ1) is 27.2. The van der Waals surface area contributed by atoms with Crippen molar-refractivity contribution in [2.24, 2.45) is 10.4 Å². The number of aromatic nitrogens is 1. The number of carboxylic acids is 1. The van der Waals surface area contributed by atoms with Crippen LogP contribution in [-0.4, -0.2) is 58.6 Å². The molecule has 0 aliphatic carbocycles. The Morgan fingerprint density at radius 3 is 2.67 bits per heavy atom. The number of benzene rings is 1. The van der Waals surface area contributed by atoms with Crippen LogP contribution in [0.4, 0.5) is 5.69 Å². The van der Waals surface area contributed by atoms with Crippen molar-refractivity contribution in [2.75, 3.05) is 25.0 Å². The fraction of sp³-hybridized carbons (Fsp3) is 0.348. The average molecular weight is 582 g/mol. The normalized spacial score (nSPS) is 15.2. The Labute approximate surface area is 220 Å². The van der Waals surface area contributed by atoms with Crippen LogP contribution in [0.15, 0.2) is 40.1 Å². The van der Waals surface area contributed by atoms with E-state index < -0.39 is 36.8 Å². The van der Waals surface area contributed by atoms with E-state index in [0.717, 1.165) is 6.54 Å². The van der Waals surface area contributed by atoms with Gasteiger partial charge in [0.05, 0.1) is 40.9 Å². The van der Waals surface area contributed by atoms with E-state index in [4.69, 9.17) is 11.6 Å². The maximum atomic E-state index is 12.6. The Morgan fingerprint density at radius 2 is 2.00 bits per heavy atom. The van der Waals surface area contributed by atoms with Crippen molar-refractivity contribution in [3.8, 4) is 5.75 Å². The molecule has 0 spiro atoms. The number of pyridine rings is 1. The van der Waals surface area contributed by atoms with Crippen LogP contribution in [-0.2, 0) is 9.59 Å². The second-order valence-corrected chi connectivity index (χ2v) is 10.3. The van der Waals surface area contributed by atoms with Crippen LogP contribution in [0.2, 0.25) is 5.02 Å². The summed E-state index contributed by atoms with van der Waals surface area (Å²) in [5.74, 6) is -2.07. The van der Waals surface area contributed by atoms with Gasteiger partial charge in [-0.2, -0.15) is 0 Å². The van der Waals surface area contributed by atoms with Crippen LogP contribution in [0.5, 0.6) is 5.75 Å². The molecule has 1 aliphatic rings. The number of hydrogen-bond donors (Lipinski definition) is 6. The van der Waals surface area contributed by atoms with E-state index in [9.17, 15) is 24.6 Å². The topological polar surface area (TPSA) is 165 Å². The molecule has 192 valence electrons. The molecular weight excluding hydrogens is 556 g/mol. The number of anilines is 1. The van der Waals surface area contributed by atoms with Gasteiger partial charge in [0.15, 0.2) is 5.96 Å².